The van der Waals surface area contributed by atoms with Crippen LogP contribution in [-0.2, 0) is 6.42 Å². The number of benzene rings is 1. The van der Waals surface area contributed by atoms with Crippen molar-refractivity contribution in [2.45, 2.75) is 30.7 Å². The summed E-state index contributed by atoms with van der Waals surface area (Å²) >= 11 is 3.97. The fraction of sp³-hybridized carbons (Fsp3) is 0.267. The van der Waals surface area contributed by atoms with Gasteiger partial charge in [-0.25, -0.2) is 4.39 Å². The lowest BCUT2D eigenvalue weighted by Gasteiger charge is -2.13. The van der Waals surface area contributed by atoms with Gasteiger partial charge in [0.15, 0.2) is 0 Å². The van der Waals surface area contributed by atoms with Crippen molar-refractivity contribution in [3.63, 3.8) is 0 Å². The highest BCUT2D eigenvalue weighted by Gasteiger charge is 2.11. The number of carbonyl (C=O) groups excluding carboxylic acids is 1. The number of halogens is 1. The SMILES string of the molecule is CC(CCc1ccco1)NC(=O)c1ccc(F)c(S)c1. The minimum Gasteiger partial charge on any atom is -0.469 e. The van der Waals surface area contributed by atoms with Gasteiger partial charge in [-0.2, -0.15) is 0 Å². The Balaban J connectivity index is 1.88. The second-order valence-corrected chi connectivity index (χ2v) is 5.14. The van der Waals surface area contributed by atoms with E-state index in [1.165, 1.54) is 18.2 Å². The average molecular weight is 293 g/mol. The lowest BCUT2D eigenvalue weighted by molar-refractivity contribution is 0.0938. The topological polar surface area (TPSA) is 42.2 Å². The van der Waals surface area contributed by atoms with E-state index in [4.69, 9.17) is 4.42 Å². The summed E-state index contributed by atoms with van der Waals surface area (Å²) < 4.78 is 18.3. The van der Waals surface area contributed by atoms with Gasteiger partial charge in [0.25, 0.3) is 5.91 Å². The molecule has 2 rings (SSSR count). The Morgan fingerprint density at radius 1 is 1.45 bits per heavy atom. The molecule has 0 aliphatic heterocycles. The van der Waals surface area contributed by atoms with Crippen LogP contribution in [-0.4, -0.2) is 11.9 Å². The Bertz CT molecular complexity index is 584. The van der Waals surface area contributed by atoms with Crippen LogP contribution in [0.25, 0.3) is 0 Å². The van der Waals surface area contributed by atoms with Crippen LogP contribution in [0.5, 0.6) is 0 Å². The summed E-state index contributed by atoms with van der Waals surface area (Å²) in [5.74, 6) is 0.230. The molecule has 20 heavy (non-hydrogen) atoms. The zero-order valence-corrected chi connectivity index (χ0v) is 12.0. The van der Waals surface area contributed by atoms with E-state index in [2.05, 4.69) is 17.9 Å². The normalized spacial score (nSPS) is 12.2. The quantitative estimate of drug-likeness (QED) is 0.829. The maximum atomic E-state index is 13.1. The van der Waals surface area contributed by atoms with Gasteiger partial charge >= 0.3 is 0 Å². The first kappa shape index (κ1) is 14.7. The molecule has 1 atom stereocenters. The Kier molecular flexibility index (Phi) is 4.84. The number of aryl methyl sites for hydroxylation is 1. The van der Waals surface area contributed by atoms with E-state index in [1.807, 2.05) is 19.1 Å². The van der Waals surface area contributed by atoms with Crippen molar-refractivity contribution in [3.8, 4) is 0 Å². The van der Waals surface area contributed by atoms with Crippen LogP contribution in [0.3, 0.4) is 0 Å². The zero-order valence-electron chi connectivity index (χ0n) is 11.1. The molecule has 0 bridgehead atoms. The smallest absolute Gasteiger partial charge is 0.251 e. The van der Waals surface area contributed by atoms with E-state index in [1.54, 1.807) is 6.26 Å². The van der Waals surface area contributed by atoms with Gasteiger partial charge in [-0.05, 0) is 43.7 Å². The van der Waals surface area contributed by atoms with Gasteiger partial charge in [0, 0.05) is 22.9 Å². The number of thiol groups is 1. The van der Waals surface area contributed by atoms with Crippen LogP contribution in [0.1, 0.15) is 29.5 Å². The maximum Gasteiger partial charge on any atom is 0.251 e. The van der Waals surface area contributed by atoms with Crippen LogP contribution in [0.4, 0.5) is 4.39 Å². The number of hydrogen-bond acceptors (Lipinski definition) is 3. The molecule has 2 aromatic rings. The van der Waals surface area contributed by atoms with Gasteiger partial charge in [0.1, 0.15) is 11.6 Å². The van der Waals surface area contributed by atoms with Gasteiger partial charge in [0.2, 0.25) is 0 Å². The predicted octanol–water partition coefficient (Wildman–Crippen LogP) is 3.46. The molecule has 1 aromatic carbocycles. The van der Waals surface area contributed by atoms with Crippen LogP contribution in [0.15, 0.2) is 45.9 Å². The first-order chi connectivity index (χ1) is 9.56. The first-order valence-electron chi connectivity index (χ1n) is 6.38. The molecule has 1 N–H and O–H groups in total. The van der Waals surface area contributed by atoms with E-state index in [-0.39, 0.29) is 16.8 Å². The third kappa shape index (κ3) is 3.87. The van der Waals surface area contributed by atoms with Crippen molar-refractivity contribution in [2.24, 2.45) is 0 Å². The molecule has 1 heterocycles. The number of amides is 1. The highest BCUT2D eigenvalue weighted by Crippen LogP contribution is 2.14. The molecule has 5 heteroatoms. The molecular formula is C15H16FNO2S. The third-order valence-electron chi connectivity index (χ3n) is 2.99. The fourth-order valence-electron chi connectivity index (χ4n) is 1.85. The van der Waals surface area contributed by atoms with E-state index >= 15 is 0 Å². The van der Waals surface area contributed by atoms with E-state index in [9.17, 15) is 9.18 Å². The minimum atomic E-state index is -0.434. The summed E-state index contributed by atoms with van der Waals surface area (Å²) in [5.41, 5.74) is 0.404. The first-order valence-corrected chi connectivity index (χ1v) is 6.82. The summed E-state index contributed by atoms with van der Waals surface area (Å²) in [6, 6.07) is 7.86. The number of nitrogens with one attached hydrogen (secondary N) is 1. The highest BCUT2D eigenvalue weighted by atomic mass is 32.1. The molecule has 1 amide bonds. The van der Waals surface area contributed by atoms with Gasteiger partial charge in [-0.15, -0.1) is 12.6 Å². The summed E-state index contributed by atoms with van der Waals surface area (Å²) in [6.45, 7) is 1.92. The van der Waals surface area contributed by atoms with E-state index < -0.39 is 5.82 Å². The van der Waals surface area contributed by atoms with Crippen LogP contribution in [0, 0.1) is 5.82 Å². The van der Waals surface area contributed by atoms with Gasteiger partial charge < -0.3 is 9.73 Å². The molecule has 1 unspecified atom stereocenters. The van der Waals surface area contributed by atoms with Crippen molar-refractivity contribution in [1.82, 2.24) is 5.32 Å². The summed E-state index contributed by atoms with van der Waals surface area (Å²) in [4.78, 5) is 12.2. The Morgan fingerprint density at radius 2 is 2.25 bits per heavy atom. The number of hydrogen-bond donors (Lipinski definition) is 2. The average Bonchev–Trinajstić information content (AvgIpc) is 2.92. The molecule has 1 aromatic heterocycles. The largest absolute Gasteiger partial charge is 0.469 e. The van der Waals surface area contributed by atoms with Crippen LogP contribution >= 0.6 is 12.6 Å². The van der Waals surface area contributed by atoms with Crippen molar-refractivity contribution >= 4 is 18.5 Å². The van der Waals surface area contributed by atoms with Crippen LogP contribution in [0.2, 0.25) is 0 Å². The maximum absolute atomic E-state index is 13.1. The van der Waals surface area contributed by atoms with Crippen molar-refractivity contribution in [1.29, 1.82) is 0 Å². The lowest BCUT2D eigenvalue weighted by atomic mass is 10.1. The van der Waals surface area contributed by atoms with Crippen molar-refractivity contribution in [3.05, 3.63) is 53.7 Å². The predicted molar refractivity (Wildman–Crippen MR) is 77.6 cm³/mol. The van der Waals surface area contributed by atoms with Gasteiger partial charge in [-0.1, -0.05) is 0 Å². The lowest BCUT2D eigenvalue weighted by Crippen LogP contribution is -2.32. The molecule has 0 aliphatic rings. The molecule has 3 nitrogen and oxygen atoms in total. The summed E-state index contributed by atoms with van der Waals surface area (Å²) in [5, 5.41) is 2.87. The second kappa shape index (κ2) is 6.61. The molecule has 0 fully saturated rings. The molecule has 0 saturated heterocycles. The van der Waals surface area contributed by atoms with E-state index in [0.717, 1.165) is 18.6 Å². The monoisotopic (exact) mass is 293 g/mol. The molecule has 0 aliphatic carbocycles. The van der Waals surface area contributed by atoms with Crippen molar-refractivity contribution in [2.75, 3.05) is 0 Å². The van der Waals surface area contributed by atoms with E-state index in [0.29, 0.717) is 5.56 Å². The number of carbonyl (C=O) groups is 1. The molecular weight excluding hydrogens is 277 g/mol. The van der Waals surface area contributed by atoms with Gasteiger partial charge in [0.05, 0.1) is 6.26 Å². The Morgan fingerprint density at radius 3 is 2.90 bits per heavy atom. The zero-order chi connectivity index (χ0) is 14.5. The third-order valence-corrected chi connectivity index (χ3v) is 3.33. The summed E-state index contributed by atoms with van der Waals surface area (Å²) in [6.07, 6.45) is 3.16. The van der Waals surface area contributed by atoms with Gasteiger partial charge in [-0.3, -0.25) is 4.79 Å². The Labute approximate surface area is 122 Å². The molecule has 0 saturated carbocycles. The molecule has 106 valence electrons. The summed E-state index contributed by atoms with van der Waals surface area (Å²) in [7, 11) is 0. The number of furan rings is 1. The van der Waals surface area contributed by atoms with Crippen molar-refractivity contribution < 1.29 is 13.6 Å². The minimum absolute atomic E-state index is 0.000945. The molecule has 0 spiro atoms. The second-order valence-electron chi connectivity index (χ2n) is 4.66. The standard InChI is InChI=1S/C15H16FNO2S/c1-10(4-6-12-3-2-8-19-12)17-15(18)11-5-7-13(16)14(20)9-11/h2-3,5,7-10,20H,4,6H2,1H3,(H,17,18). The molecule has 0 radical (unpaired) electrons. The highest BCUT2D eigenvalue weighted by molar-refractivity contribution is 7.80. The van der Waals surface area contributed by atoms with Crippen LogP contribution < -0.4 is 5.32 Å². The number of rotatable bonds is 5. The fourth-order valence-corrected chi connectivity index (χ4v) is 2.06. The Hall–Kier alpha value is -1.75.